The Morgan fingerprint density at radius 1 is 1.38 bits per heavy atom. The van der Waals surface area contributed by atoms with E-state index < -0.39 is 10.5 Å². The minimum absolute atomic E-state index is 0.0724. The van der Waals surface area contributed by atoms with E-state index in [1.165, 1.54) is 30.5 Å². The van der Waals surface area contributed by atoms with Gasteiger partial charge in [-0.1, -0.05) is 11.6 Å². The highest BCUT2D eigenvalue weighted by atomic mass is 35.5. The predicted molar refractivity (Wildman–Crippen MR) is 77.1 cm³/mol. The molecule has 1 heterocycles. The fourth-order valence-electron chi connectivity index (χ4n) is 1.65. The van der Waals surface area contributed by atoms with Crippen LogP contribution in [-0.2, 0) is 0 Å². The molecule has 2 rings (SSSR count). The minimum atomic E-state index is -0.562. The Morgan fingerprint density at radius 3 is 2.62 bits per heavy atom. The van der Waals surface area contributed by atoms with Crippen molar-refractivity contribution in [3.8, 4) is 5.69 Å². The Bertz CT molecular complexity index is 714. The van der Waals surface area contributed by atoms with E-state index in [0.29, 0.717) is 11.4 Å². The molecule has 8 nitrogen and oxygen atoms in total. The second kappa shape index (κ2) is 6.33. The van der Waals surface area contributed by atoms with Crippen molar-refractivity contribution in [3.05, 3.63) is 56.0 Å². The van der Waals surface area contributed by atoms with E-state index >= 15 is 0 Å². The van der Waals surface area contributed by atoms with Crippen molar-refractivity contribution in [1.29, 1.82) is 0 Å². The Hall–Kier alpha value is -2.45. The molecule has 0 aliphatic carbocycles. The largest absolute Gasteiger partial charge is 0.395 e. The first-order chi connectivity index (χ1) is 10.0. The number of aromatic nitrogens is 2. The van der Waals surface area contributed by atoms with Crippen LogP contribution in [0, 0.1) is 10.1 Å². The highest BCUT2D eigenvalue weighted by Gasteiger charge is 2.11. The van der Waals surface area contributed by atoms with Gasteiger partial charge in [0.25, 0.3) is 11.2 Å². The molecule has 0 saturated heterocycles. The van der Waals surface area contributed by atoms with Crippen LogP contribution >= 0.6 is 11.6 Å². The minimum Gasteiger partial charge on any atom is -0.395 e. The van der Waals surface area contributed by atoms with Crippen LogP contribution in [0.15, 0.2) is 35.3 Å². The average Bonchev–Trinajstić information content (AvgIpc) is 2.49. The number of aliphatic hydroxyl groups is 1. The van der Waals surface area contributed by atoms with Gasteiger partial charge in [-0.3, -0.25) is 14.9 Å². The molecule has 0 atom stereocenters. The number of hydrogen-bond acceptors (Lipinski definition) is 6. The predicted octanol–water partition coefficient (Wildman–Crippen LogP) is 1.20. The average molecular weight is 311 g/mol. The summed E-state index contributed by atoms with van der Waals surface area (Å²) in [5.74, 6) is 0. The molecular formula is C12H11ClN4O4. The van der Waals surface area contributed by atoms with Crippen molar-refractivity contribution < 1.29 is 10.0 Å². The Labute approximate surface area is 123 Å². The molecule has 1 aromatic heterocycles. The number of benzene rings is 1. The van der Waals surface area contributed by atoms with Crippen LogP contribution in [-0.4, -0.2) is 33.0 Å². The monoisotopic (exact) mass is 310 g/mol. The van der Waals surface area contributed by atoms with Crippen LogP contribution < -0.4 is 10.9 Å². The molecule has 0 bridgehead atoms. The summed E-state index contributed by atoms with van der Waals surface area (Å²) in [6.45, 7) is 0.129. The molecule has 0 amide bonds. The highest BCUT2D eigenvalue weighted by molar-refractivity contribution is 6.32. The van der Waals surface area contributed by atoms with Crippen molar-refractivity contribution >= 4 is 23.0 Å². The van der Waals surface area contributed by atoms with Gasteiger partial charge >= 0.3 is 0 Å². The third-order valence-corrected chi connectivity index (χ3v) is 3.02. The van der Waals surface area contributed by atoms with E-state index in [0.717, 1.165) is 4.68 Å². The van der Waals surface area contributed by atoms with Gasteiger partial charge in [-0.25, -0.2) is 0 Å². The summed E-state index contributed by atoms with van der Waals surface area (Å²) in [5, 5.41) is 25.9. The van der Waals surface area contributed by atoms with Crippen LogP contribution in [0.25, 0.3) is 5.69 Å². The number of halogens is 1. The maximum atomic E-state index is 12.1. The van der Waals surface area contributed by atoms with Gasteiger partial charge in [0.2, 0.25) is 0 Å². The molecule has 2 N–H and O–H groups in total. The summed E-state index contributed by atoms with van der Waals surface area (Å²) in [6, 6.07) is 5.36. The van der Waals surface area contributed by atoms with Gasteiger partial charge in [0.05, 0.1) is 29.1 Å². The number of rotatable bonds is 5. The number of hydrogen-bond donors (Lipinski definition) is 2. The molecular weight excluding hydrogens is 300 g/mol. The molecule has 0 saturated carbocycles. The Morgan fingerprint density at radius 2 is 2.05 bits per heavy atom. The van der Waals surface area contributed by atoms with Crippen LogP contribution in [0.5, 0.6) is 0 Å². The lowest BCUT2D eigenvalue weighted by Crippen LogP contribution is -2.23. The normalized spacial score (nSPS) is 10.4. The second-order valence-corrected chi connectivity index (χ2v) is 4.39. The van der Waals surface area contributed by atoms with E-state index in [9.17, 15) is 14.9 Å². The van der Waals surface area contributed by atoms with Crippen molar-refractivity contribution in [2.45, 2.75) is 0 Å². The zero-order valence-corrected chi connectivity index (χ0v) is 11.4. The summed E-state index contributed by atoms with van der Waals surface area (Å²) in [5.41, 5.74) is 0.0303. The third-order valence-electron chi connectivity index (χ3n) is 2.65. The molecule has 0 fully saturated rings. The quantitative estimate of drug-likeness (QED) is 0.634. The van der Waals surface area contributed by atoms with Gasteiger partial charge in [0.1, 0.15) is 5.02 Å². The van der Waals surface area contributed by atoms with Crippen molar-refractivity contribution in [2.75, 3.05) is 18.5 Å². The van der Waals surface area contributed by atoms with Crippen LogP contribution in [0.4, 0.5) is 11.4 Å². The second-order valence-electron chi connectivity index (χ2n) is 4.01. The van der Waals surface area contributed by atoms with Crippen molar-refractivity contribution in [2.24, 2.45) is 0 Å². The molecule has 110 valence electrons. The Kier molecular flexibility index (Phi) is 4.51. The molecule has 2 aromatic rings. The maximum Gasteiger partial charge on any atom is 0.292 e. The molecule has 9 heteroatoms. The number of non-ortho nitro benzene ring substituents is 1. The molecule has 21 heavy (non-hydrogen) atoms. The summed E-state index contributed by atoms with van der Waals surface area (Å²) >= 11 is 5.94. The van der Waals surface area contributed by atoms with E-state index in [4.69, 9.17) is 16.7 Å². The summed E-state index contributed by atoms with van der Waals surface area (Å²) in [4.78, 5) is 22.2. The first kappa shape index (κ1) is 14.9. The van der Waals surface area contributed by atoms with Crippen LogP contribution in [0.1, 0.15) is 0 Å². The number of nitrogens with one attached hydrogen (secondary N) is 1. The lowest BCUT2D eigenvalue weighted by Gasteiger charge is -2.09. The first-order valence-electron chi connectivity index (χ1n) is 5.92. The fraction of sp³-hybridized carbons (Fsp3) is 0.167. The third kappa shape index (κ3) is 3.18. The van der Waals surface area contributed by atoms with Crippen LogP contribution in [0.2, 0.25) is 5.02 Å². The number of aliphatic hydroxyl groups excluding tert-OH is 1. The zero-order chi connectivity index (χ0) is 15.4. The van der Waals surface area contributed by atoms with Gasteiger partial charge in [-0.15, -0.1) is 0 Å². The van der Waals surface area contributed by atoms with E-state index in [1.807, 2.05) is 0 Å². The molecule has 0 aliphatic rings. The van der Waals surface area contributed by atoms with Gasteiger partial charge in [-0.05, 0) is 12.1 Å². The molecule has 0 aliphatic heterocycles. The lowest BCUT2D eigenvalue weighted by molar-refractivity contribution is -0.384. The van der Waals surface area contributed by atoms with Crippen LogP contribution in [0.3, 0.4) is 0 Å². The summed E-state index contributed by atoms with van der Waals surface area (Å²) in [7, 11) is 0. The summed E-state index contributed by atoms with van der Waals surface area (Å²) in [6.07, 6.45) is 1.35. The maximum absolute atomic E-state index is 12.1. The standard InChI is InChI=1S/C12H11ClN4O4/c13-11-10(14-5-6-18)7-15-16(12(11)19)8-1-3-9(4-2-8)17(20)21/h1-4,7,14,18H,5-6H2. The molecule has 1 aromatic carbocycles. The van der Waals surface area contributed by atoms with Crippen molar-refractivity contribution in [3.63, 3.8) is 0 Å². The molecule has 0 radical (unpaired) electrons. The van der Waals surface area contributed by atoms with E-state index in [2.05, 4.69) is 10.4 Å². The van der Waals surface area contributed by atoms with Gasteiger partial charge in [-0.2, -0.15) is 9.78 Å². The molecule has 0 spiro atoms. The number of nitro groups is 1. The Balaban J connectivity index is 2.38. The number of nitrogens with zero attached hydrogens (tertiary/aromatic N) is 3. The van der Waals surface area contributed by atoms with E-state index in [1.54, 1.807) is 0 Å². The van der Waals surface area contributed by atoms with Gasteiger partial charge in [0, 0.05) is 18.7 Å². The SMILES string of the molecule is O=c1c(Cl)c(NCCO)cnn1-c1ccc([N+](=O)[O-])cc1. The lowest BCUT2D eigenvalue weighted by atomic mass is 10.3. The fourth-order valence-corrected chi connectivity index (χ4v) is 1.84. The van der Waals surface area contributed by atoms with Gasteiger partial charge < -0.3 is 10.4 Å². The number of anilines is 1. The first-order valence-corrected chi connectivity index (χ1v) is 6.30. The summed E-state index contributed by atoms with van der Waals surface area (Å²) < 4.78 is 1.04. The number of nitro benzene ring substituents is 1. The topological polar surface area (TPSA) is 110 Å². The van der Waals surface area contributed by atoms with Gasteiger partial charge in [0.15, 0.2) is 0 Å². The highest BCUT2D eigenvalue weighted by Crippen LogP contribution is 2.17. The van der Waals surface area contributed by atoms with Crippen molar-refractivity contribution in [1.82, 2.24) is 9.78 Å². The van der Waals surface area contributed by atoms with E-state index in [-0.39, 0.29) is 23.9 Å². The zero-order valence-electron chi connectivity index (χ0n) is 10.7. The smallest absolute Gasteiger partial charge is 0.292 e. The molecule has 0 unspecified atom stereocenters.